The van der Waals surface area contributed by atoms with Crippen LogP contribution in [0.1, 0.15) is 52.6 Å². The number of carbonyl (C=O) groups excluding carboxylic acids is 2. The molecule has 3 aromatic carbocycles. The Morgan fingerprint density at radius 3 is 1.77 bits per heavy atom. The van der Waals surface area contributed by atoms with Crippen molar-refractivity contribution in [3.63, 3.8) is 0 Å². The molecule has 0 aliphatic heterocycles. The summed E-state index contributed by atoms with van der Waals surface area (Å²) in [7, 11) is 0. The Morgan fingerprint density at radius 2 is 1.26 bits per heavy atom. The molecule has 0 spiro atoms. The second kappa shape index (κ2) is 9.38. The van der Waals surface area contributed by atoms with Crippen LogP contribution in [0, 0.1) is 10.1 Å². The summed E-state index contributed by atoms with van der Waals surface area (Å²) in [6.07, 6.45) is 0. The first-order valence-corrected chi connectivity index (χ1v) is 11.1. The monoisotopic (exact) mass is 468 g/mol. The van der Waals surface area contributed by atoms with Crippen LogP contribution in [0.5, 0.6) is 0 Å². The lowest BCUT2D eigenvalue weighted by Crippen LogP contribution is -2.27. The van der Waals surface area contributed by atoms with Gasteiger partial charge in [0.25, 0.3) is 5.69 Å². The van der Waals surface area contributed by atoms with E-state index in [9.17, 15) is 19.7 Å². The number of nitro benzene ring substituents is 1. The highest BCUT2D eigenvalue weighted by Gasteiger charge is 2.35. The lowest BCUT2D eigenvalue weighted by Gasteiger charge is -2.20. The summed E-state index contributed by atoms with van der Waals surface area (Å²) in [6, 6.07) is 23.0. The minimum absolute atomic E-state index is 0.0221. The molecule has 0 radical (unpaired) electrons. The quantitative estimate of drug-likeness (QED) is 0.188. The van der Waals surface area contributed by atoms with E-state index in [0.717, 1.165) is 0 Å². The zero-order valence-electron chi connectivity index (χ0n) is 19.6. The van der Waals surface area contributed by atoms with Gasteiger partial charge in [0.1, 0.15) is 0 Å². The summed E-state index contributed by atoms with van der Waals surface area (Å²) in [6.45, 7) is 5.65. The number of nitrogens with zero attached hydrogens (tertiary/aromatic N) is 1. The van der Waals surface area contributed by atoms with Crippen LogP contribution in [0.15, 0.2) is 89.3 Å². The molecule has 1 aromatic heterocycles. The number of para-hydroxylation sites is 1. The summed E-state index contributed by atoms with van der Waals surface area (Å²) in [5.74, 6) is -0.843. The number of hydrogen-bond donors (Lipinski definition) is 1. The van der Waals surface area contributed by atoms with Crippen LogP contribution >= 0.6 is 0 Å². The third-order valence-corrected chi connectivity index (χ3v) is 5.27. The third kappa shape index (κ3) is 4.89. The number of nitro groups is 1. The molecule has 0 saturated carbocycles. The molecule has 0 atom stereocenters. The number of benzene rings is 3. The van der Waals surface area contributed by atoms with E-state index >= 15 is 0 Å². The third-order valence-electron chi connectivity index (χ3n) is 5.27. The molecule has 1 heterocycles. The number of carbonyl (C=O) groups is 2. The maximum Gasteiger partial charge on any atom is 0.280 e. The first-order chi connectivity index (χ1) is 16.7. The second-order valence-corrected chi connectivity index (χ2v) is 9.05. The van der Waals surface area contributed by atoms with Crippen molar-refractivity contribution in [2.75, 3.05) is 5.32 Å². The fraction of sp³-hybridized carbons (Fsp3) is 0.143. The van der Waals surface area contributed by atoms with Gasteiger partial charge < -0.3 is 9.73 Å². The summed E-state index contributed by atoms with van der Waals surface area (Å²) in [5, 5.41) is 15.0. The maximum atomic E-state index is 13.8. The van der Waals surface area contributed by atoms with Gasteiger partial charge in [-0.25, -0.2) is 0 Å². The highest BCUT2D eigenvalue weighted by atomic mass is 16.6. The van der Waals surface area contributed by atoms with Crippen molar-refractivity contribution < 1.29 is 18.9 Å². The SMILES string of the molecule is CC(C)(C)Nc1oc(-c2ccccc2[N+](=O)[O-])c(C(=O)c2ccccc2)c1C(=O)c1ccccc1. The molecule has 0 aliphatic rings. The topological polar surface area (TPSA) is 102 Å². The van der Waals surface area contributed by atoms with E-state index in [0.29, 0.717) is 11.1 Å². The standard InChI is InChI=1S/C28H24N2O5/c1-28(2,3)29-27-23(25(32)19-14-8-5-9-15-19)22(24(31)18-12-6-4-7-13-18)26(35-27)20-16-10-11-17-21(20)30(33)34/h4-17,29H,1-3H3. The van der Waals surface area contributed by atoms with E-state index in [4.69, 9.17) is 4.42 Å². The van der Waals surface area contributed by atoms with E-state index in [-0.39, 0.29) is 34.0 Å². The van der Waals surface area contributed by atoms with Crippen molar-refractivity contribution >= 4 is 23.1 Å². The van der Waals surface area contributed by atoms with Crippen LogP contribution in [0.2, 0.25) is 0 Å². The maximum absolute atomic E-state index is 13.8. The van der Waals surface area contributed by atoms with Crippen LogP contribution in [0.25, 0.3) is 11.3 Å². The Balaban J connectivity index is 2.07. The normalized spacial score (nSPS) is 11.2. The molecule has 0 amide bonds. The minimum atomic E-state index is -0.538. The van der Waals surface area contributed by atoms with Gasteiger partial charge in [0.05, 0.1) is 21.6 Å². The number of nitrogens with one attached hydrogen (secondary N) is 1. The number of ketones is 2. The number of hydrogen-bond acceptors (Lipinski definition) is 6. The van der Waals surface area contributed by atoms with Gasteiger partial charge in [0, 0.05) is 22.7 Å². The Hall–Kier alpha value is -4.52. The van der Waals surface area contributed by atoms with Gasteiger partial charge in [-0.05, 0) is 26.8 Å². The van der Waals surface area contributed by atoms with Gasteiger partial charge in [-0.3, -0.25) is 19.7 Å². The molecule has 176 valence electrons. The number of furan rings is 1. The predicted octanol–water partition coefficient (Wildman–Crippen LogP) is 6.53. The molecule has 35 heavy (non-hydrogen) atoms. The van der Waals surface area contributed by atoms with Crippen molar-refractivity contribution in [1.82, 2.24) is 0 Å². The van der Waals surface area contributed by atoms with Crippen LogP contribution in [0.4, 0.5) is 11.6 Å². The molecule has 1 N–H and O–H groups in total. The fourth-order valence-electron chi connectivity index (χ4n) is 3.78. The highest BCUT2D eigenvalue weighted by Crippen LogP contribution is 2.41. The van der Waals surface area contributed by atoms with Crippen LogP contribution in [-0.4, -0.2) is 22.0 Å². The highest BCUT2D eigenvalue weighted by molar-refractivity contribution is 6.24. The van der Waals surface area contributed by atoms with Crippen LogP contribution in [0.3, 0.4) is 0 Å². The van der Waals surface area contributed by atoms with Gasteiger partial charge in [-0.15, -0.1) is 0 Å². The van der Waals surface area contributed by atoms with Gasteiger partial charge in [0.2, 0.25) is 5.88 Å². The molecule has 4 aromatic rings. The molecular formula is C28H24N2O5. The molecular weight excluding hydrogens is 444 g/mol. The summed E-state index contributed by atoms with van der Waals surface area (Å²) < 4.78 is 6.13. The van der Waals surface area contributed by atoms with Crippen LogP contribution < -0.4 is 5.32 Å². The van der Waals surface area contributed by atoms with Crippen molar-refractivity contribution in [1.29, 1.82) is 0 Å². The summed E-state index contributed by atoms with van der Waals surface area (Å²) in [5.41, 5.74) is 0.0554. The Bertz CT molecular complexity index is 1400. The summed E-state index contributed by atoms with van der Waals surface area (Å²) >= 11 is 0. The molecule has 4 rings (SSSR count). The lowest BCUT2D eigenvalue weighted by molar-refractivity contribution is -0.384. The Labute approximate surface area is 202 Å². The fourth-order valence-corrected chi connectivity index (χ4v) is 3.78. The van der Waals surface area contributed by atoms with Crippen molar-refractivity contribution in [3.05, 3.63) is 117 Å². The minimum Gasteiger partial charge on any atom is -0.439 e. The van der Waals surface area contributed by atoms with E-state index < -0.39 is 22.0 Å². The van der Waals surface area contributed by atoms with E-state index in [2.05, 4.69) is 5.32 Å². The zero-order valence-corrected chi connectivity index (χ0v) is 19.6. The van der Waals surface area contributed by atoms with E-state index in [1.54, 1.807) is 66.7 Å². The second-order valence-electron chi connectivity index (χ2n) is 9.05. The first kappa shape index (κ1) is 23.6. The molecule has 0 bridgehead atoms. The predicted molar refractivity (Wildman–Crippen MR) is 134 cm³/mol. The number of anilines is 1. The lowest BCUT2D eigenvalue weighted by atomic mass is 9.92. The van der Waals surface area contributed by atoms with E-state index in [1.807, 2.05) is 20.8 Å². The van der Waals surface area contributed by atoms with Crippen molar-refractivity contribution in [2.45, 2.75) is 26.3 Å². The smallest absolute Gasteiger partial charge is 0.280 e. The largest absolute Gasteiger partial charge is 0.439 e. The summed E-state index contributed by atoms with van der Waals surface area (Å²) in [4.78, 5) is 38.9. The van der Waals surface area contributed by atoms with Gasteiger partial charge in [-0.2, -0.15) is 0 Å². The van der Waals surface area contributed by atoms with Crippen molar-refractivity contribution in [3.8, 4) is 11.3 Å². The Kier molecular flexibility index (Phi) is 6.34. The molecule has 7 nitrogen and oxygen atoms in total. The van der Waals surface area contributed by atoms with Crippen LogP contribution in [-0.2, 0) is 0 Å². The zero-order chi connectivity index (χ0) is 25.2. The average molecular weight is 469 g/mol. The molecule has 0 saturated heterocycles. The molecule has 0 aliphatic carbocycles. The molecule has 7 heteroatoms. The molecule has 0 fully saturated rings. The Morgan fingerprint density at radius 1 is 0.771 bits per heavy atom. The number of rotatable bonds is 7. The van der Waals surface area contributed by atoms with Crippen molar-refractivity contribution in [2.24, 2.45) is 0 Å². The first-order valence-electron chi connectivity index (χ1n) is 11.1. The van der Waals surface area contributed by atoms with Gasteiger partial charge in [-0.1, -0.05) is 72.8 Å². The van der Waals surface area contributed by atoms with Gasteiger partial charge in [0.15, 0.2) is 17.3 Å². The van der Waals surface area contributed by atoms with E-state index in [1.165, 1.54) is 18.2 Å². The van der Waals surface area contributed by atoms with Gasteiger partial charge >= 0.3 is 0 Å². The average Bonchev–Trinajstić information content (AvgIpc) is 3.21. The molecule has 0 unspecified atom stereocenters.